The molecule has 0 amide bonds. The van der Waals surface area contributed by atoms with E-state index in [-0.39, 0.29) is 0 Å². The van der Waals surface area contributed by atoms with Gasteiger partial charge in [-0.1, -0.05) is 24.3 Å². The highest BCUT2D eigenvalue weighted by Crippen LogP contribution is 2.14. The number of nitrogens with zero attached hydrogens (tertiary/aromatic N) is 1. The van der Waals surface area contributed by atoms with Crippen LogP contribution in [0.1, 0.15) is 11.5 Å². The summed E-state index contributed by atoms with van der Waals surface area (Å²) in [5.41, 5.74) is 4.79. The van der Waals surface area contributed by atoms with Gasteiger partial charge in [0.2, 0.25) is 5.89 Å². The second kappa shape index (κ2) is 7.73. The lowest BCUT2D eigenvalue weighted by Crippen LogP contribution is -2.20. The number of aromatic nitrogens is 1. The molecule has 0 aliphatic heterocycles. The molecule has 0 atom stereocenters. The molecule has 0 spiro atoms. The second-order valence-corrected chi connectivity index (χ2v) is 5.08. The molecule has 120 valence electrons. The molecule has 0 saturated heterocycles. The molecular weight excluding hydrogens is 294 g/mol. The quantitative estimate of drug-likeness (QED) is 0.438. The van der Waals surface area contributed by atoms with E-state index in [2.05, 4.69) is 15.8 Å². The highest BCUT2D eigenvalue weighted by Gasteiger charge is 2.03. The van der Waals surface area contributed by atoms with Gasteiger partial charge < -0.3 is 19.7 Å². The molecule has 0 fully saturated rings. The van der Waals surface area contributed by atoms with Gasteiger partial charge in [-0.05, 0) is 29.8 Å². The van der Waals surface area contributed by atoms with Gasteiger partial charge in [0, 0.05) is 13.1 Å². The van der Waals surface area contributed by atoms with Crippen LogP contribution in [-0.4, -0.2) is 23.3 Å². The van der Waals surface area contributed by atoms with Gasteiger partial charge in [-0.25, -0.2) is 10.5 Å². The molecule has 0 saturated carbocycles. The van der Waals surface area contributed by atoms with Gasteiger partial charge in [0.15, 0.2) is 5.58 Å². The first-order valence-electron chi connectivity index (χ1n) is 7.49. The summed E-state index contributed by atoms with van der Waals surface area (Å²) in [7, 11) is 0. The number of rotatable bonds is 8. The van der Waals surface area contributed by atoms with Crippen molar-refractivity contribution in [1.29, 1.82) is 0 Å². The number of para-hydroxylation sites is 2. The van der Waals surface area contributed by atoms with Crippen molar-refractivity contribution in [1.82, 2.24) is 15.8 Å². The maximum atomic E-state index is 8.63. The van der Waals surface area contributed by atoms with Crippen molar-refractivity contribution in [3.05, 3.63) is 60.0 Å². The van der Waals surface area contributed by atoms with Crippen LogP contribution < -0.4 is 15.5 Å². The average Bonchev–Trinajstić information content (AvgIpc) is 2.99. The summed E-state index contributed by atoms with van der Waals surface area (Å²) >= 11 is 0. The Hall–Kier alpha value is -2.41. The van der Waals surface area contributed by atoms with E-state index in [0.717, 1.165) is 22.4 Å². The van der Waals surface area contributed by atoms with Gasteiger partial charge in [0.1, 0.15) is 17.9 Å². The van der Waals surface area contributed by atoms with E-state index in [0.29, 0.717) is 32.1 Å². The van der Waals surface area contributed by atoms with Crippen molar-refractivity contribution >= 4 is 11.1 Å². The number of hydrogen-bond acceptors (Lipinski definition) is 6. The molecule has 3 N–H and O–H groups in total. The zero-order valence-corrected chi connectivity index (χ0v) is 12.7. The predicted octanol–water partition coefficient (Wildman–Crippen LogP) is 2.48. The lowest BCUT2D eigenvalue weighted by Gasteiger charge is -2.07. The second-order valence-electron chi connectivity index (χ2n) is 5.08. The lowest BCUT2D eigenvalue weighted by atomic mass is 10.2. The van der Waals surface area contributed by atoms with Crippen molar-refractivity contribution < 1.29 is 14.4 Å². The Morgan fingerprint density at radius 3 is 2.65 bits per heavy atom. The largest absolute Gasteiger partial charge is 0.492 e. The highest BCUT2D eigenvalue weighted by molar-refractivity contribution is 5.72. The summed E-state index contributed by atoms with van der Waals surface area (Å²) in [4.78, 5) is 4.40. The predicted molar refractivity (Wildman–Crippen MR) is 86.3 cm³/mol. The number of nitrogens with one attached hydrogen (secondary N) is 2. The van der Waals surface area contributed by atoms with Crippen molar-refractivity contribution in [3.8, 4) is 5.75 Å². The van der Waals surface area contributed by atoms with E-state index in [1.54, 1.807) is 0 Å². The number of ether oxygens (including phenoxy) is 1. The molecule has 6 nitrogen and oxygen atoms in total. The highest BCUT2D eigenvalue weighted by atomic mass is 16.5. The van der Waals surface area contributed by atoms with Crippen LogP contribution in [0.4, 0.5) is 0 Å². The molecule has 0 aliphatic carbocycles. The summed E-state index contributed by atoms with van der Waals surface area (Å²) in [6.07, 6.45) is 0. The van der Waals surface area contributed by atoms with Gasteiger partial charge in [-0.15, -0.1) is 0 Å². The number of fused-ring (bicyclic) bond motifs is 1. The van der Waals surface area contributed by atoms with Gasteiger partial charge >= 0.3 is 0 Å². The smallest absolute Gasteiger partial charge is 0.209 e. The standard InChI is InChI=1S/C17H19N3O3/c21-19-11-13-5-7-14(8-6-13)22-10-9-18-12-17-20-15-3-1-2-4-16(15)23-17/h1-8,18-19,21H,9-12H2. The molecule has 3 rings (SSSR count). The van der Waals surface area contributed by atoms with Gasteiger partial charge in [0.25, 0.3) is 0 Å². The molecule has 2 aromatic carbocycles. The van der Waals surface area contributed by atoms with E-state index < -0.39 is 0 Å². The minimum atomic E-state index is 0.423. The maximum absolute atomic E-state index is 8.63. The molecule has 0 bridgehead atoms. The Morgan fingerprint density at radius 1 is 1.04 bits per heavy atom. The molecule has 0 unspecified atom stereocenters. The van der Waals surface area contributed by atoms with Gasteiger partial charge in [-0.3, -0.25) is 0 Å². The topological polar surface area (TPSA) is 79.5 Å². The molecular formula is C17H19N3O3. The van der Waals surface area contributed by atoms with Crippen LogP contribution in [-0.2, 0) is 13.1 Å². The third-order valence-corrected chi connectivity index (χ3v) is 3.37. The fourth-order valence-corrected chi connectivity index (χ4v) is 2.23. The van der Waals surface area contributed by atoms with Crippen LogP contribution in [0.15, 0.2) is 52.9 Å². The fourth-order valence-electron chi connectivity index (χ4n) is 2.23. The molecule has 3 aromatic rings. The van der Waals surface area contributed by atoms with Crippen LogP contribution in [0.2, 0.25) is 0 Å². The summed E-state index contributed by atoms with van der Waals surface area (Å²) < 4.78 is 11.3. The third kappa shape index (κ3) is 4.29. The first-order valence-corrected chi connectivity index (χ1v) is 7.49. The molecule has 0 radical (unpaired) electrons. The Kier molecular flexibility index (Phi) is 5.21. The zero-order valence-electron chi connectivity index (χ0n) is 12.7. The monoisotopic (exact) mass is 313 g/mol. The molecule has 0 aliphatic rings. The van der Waals surface area contributed by atoms with Crippen molar-refractivity contribution in [2.24, 2.45) is 0 Å². The summed E-state index contributed by atoms with van der Waals surface area (Å²) in [5, 5.41) is 11.9. The van der Waals surface area contributed by atoms with Crippen LogP contribution in [0.5, 0.6) is 5.75 Å². The molecule has 1 heterocycles. The Labute approximate surface area is 134 Å². The van der Waals surface area contributed by atoms with Crippen LogP contribution in [0.25, 0.3) is 11.1 Å². The SMILES string of the molecule is ONCc1ccc(OCCNCc2nc3ccccc3o2)cc1. The minimum Gasteiger partial charge on any atom is -0.492 e. The van der Waals surface area contributed by atoms with Crippen LogP contribution in [0.3, 0.4) is 0 Å². The maximum Gasteiger partial charge on any atom is 0.209 e. The molecule has 23 heavy (non-hydrogen) atoms. The summed E-state index contributed by atoms with van der Waals surface area (Å²) in [5.74, 6) is 1.47. The van der Waals surface area contributed by atoms with Crippen LogP contribution in [0, 0.1) is 0 Å². The lowest BCUT2D eigenvalue weighted by molar-refractivity contribution is 0.161. The van der Waals surface area contributed by atoms with Crippen molar-refractivity contribution in [2.75, 3.05) is 13.2 Å². The Balaban J connectivity index is 1.39. The van der Waals surface area contributed by atoms with Crippen molar-refractivity contribution in [3.63, 3.8) is 0 Å². The number of hydrogen-bond donors (Lipinski definition) is 3. The van der Waals surface area contributed by atoms with E-state index in [1.807, 2.05) is 48.5 Å². The molecule has 1 aromatic heterocycles. The first-order chi connectivity index (χ1) is 11.3. The first kappa shape index (κ1) is 15.5. The van der Waals surface area contributed by atoms with Crippen molar-refractivity contribution in [2.45, 2.75) is 13.1 Å². The van der Waals surface area contributed by atoms with E-state index in [4.69, 9.17) is 14.4 Å². The van der Waals surface area contributed by atoms with E-state index in [9.17, 15) is 0 Å². The average molecular weight is 313 g/mol. The Bertz CT molecular complexity index is 707. The summed E-state index contributed by atoms with van der Waals surface area (Å²) in [6, 6.07) is 15.3. The Morgan fingerprint density at radius 2 is 1.87 bits per heavy atom. The number of hydroxylamine groups is 1. The number of oxazole rings is 1. The summed E-state index contributed by atoms with van der Waals surface area (Å²) in [6.45, 7) is 2.24. The normalized spacial score (nSPS) is 11.0. The van der Waals surface area contributed by atoms with E-state index in [1.165, 1.54) is 0 Å². The zero-order chi connectivity index (χ0) is 15.9. The molecule has 6 heteroatoms. The van der Waals surface area contributed by atoms with Gasteiger partial charge in [0.05, 0.1) is 6.54 Å². The van der Waals surface area contributed by atoms with Crippen LogP contribution >= 0.6 is 0 Å². The number of benzene rings is 2. The third-order valence-electron chi connectivity index (χ3n) is 3.37. The van der Waals surface area contributed by atoms with Gasteiger partial charge in [-0.2, -0.15) is 0 Å². The van der Waals surface area contributed by atoms with E-state index >= 15 is 0 Å². The fraction of sp³-hybridized carbons (Fsp3) is 0.235. The minimum absolute atomic E-state index is 0.423.